The number of nitrogens with two attached hydrogens (primary N) is 1. The number of nitrogen functional groups attached to an aromatic ring is 1. The van der Waals surface area contributed by atoms with Gasteiger partial charge >= 0.3 is 0 Å². The number of aryl methyl sites for hydroxylation is 2. The fourth-order valence-electron chi connectivity index (χ4n) is 1.77. The lowest BCUT2D eigenvalue weighted by Crippen LogP contribution is -1.97. The number of nitrogens with zero attached hydrogens (tertiary/aromatic N) is 2. The second-order valence-electron chi connectivity index (χ2n) is 4.22. The summed E-state index contributed by atoms with van der Waals surface area (Å²) in [7, 11) is 1.90. The van der Waals surface area contributed by atoms with Crippen molar-refractivity contribution in [2.75, 3.05) is 11.1 Å². The topological polar surface area (TPSA) is 72.9 Å². The van der Waals surface area contributed by atoms with E-state index in [9.17, 15) is 4.79 Å². The lowest BCUT2D eigenvalue weighted by Gasteiger charge is -2.01. The van der Waals surface area contributed by atoms with Crippen molar-refractivity contribution in [3.8, 4) is 0 Å². The average molecular weight is 264 g/mol. The number of aromatic nitrogens is 2. The maximum absolute atomic E-state index is 11.3. The number of carbonyl (C=O) groups excluding carboxylic acids is 1. The zero-order chi connectivity index (χ0) is 13.3. The van der Waals surface area contributed by atoms with Crippen LogP contribution in [-0.4, -0.2) is 15.6 Å². The Kier molecular flexibility index (Phi) is 3.38. The number of thiophene rings is 1. The summed E-state index contributed by atoms with van der Waals surface area (Å²) < 4.78 is 1.79. The minimum atomic E-state index is 0.00288. The molecule has 0 aliphatic heterocycles. The molecule has 0 aliphatic rings. The Morgan fingerprint density at radius 3 is 2.83 bits per heavy atom. The highest BCUT2D eigenvalue weighted by atomic mass is 32.1. The number of hydrogen-bond acceptors (Lipinski definition) is 5. The maximum Gasteiger partial charge on any atom is 0.171 e. The summed E-state index contributed by atoms with van der Waals surface area (Å²) in [5, 5.41) is 8.44. The van der Waals surface area contributed by atoms with Crippen molar-refractivity contribution in [2.24, 2.45) is 7.05 Å². The van der Waals surface area contributed by atoms with E-state index in [0.717, 1.165) is 16.3 Å². The highest BCUT2D eigenvalue weighted by Gasteiger charge is 2.10. The van der Waals surface area contributed by atoms with Gasteiger partial charge in [-0.15, -0.1) is 11.3 Å². The predicted octanol–water partition coefficient (Wildman–Crippen LogP) is 2.19. The molecule has 0 radical (unpaired) electrons. The minimum Gasteiger partial charge on any atom is -0.397 e. The highest BCUT2D eigenvalue weighted by Crippen LogP contribution is 2.29. The molecule has 96 valence electrons. The third kappa shape index (κ3) is 2.53. The van der Waals surface area contributed by atoms with Crippen LogP contribution in [0.25, 0.3) is 0 Å². The van der Waals surface area contributed by atoms with Crippen molar-refractivity contribution in [3.05, 3.63) is 28.4 Å². The van der Waals surface area contributed by atoms with Gasteiger partial charge in [-0.25, -0.2) is 0 Å². The number of nitrogens with one attached hydrogen (secondary N) is 1. The van der Waals surface area contributed by atoms with Crippen LogP contribution in [-0.2, 0) is 13.6 Å². The molecular weight excluding hydrogens is 248 g/mol. The summed E-state index contributed by atoms with van der Waals surface area (Å²) in [5.41, 5.74) is 8.45. The number of carbonyl (C=O) groups is 1. The summed E-state index contributed by atoms with van der Waals surface area (Å²) in [6.07, 6.45) is 1.98. The number of Topliss-reactive ketones (excluding diaryl/α,β-unsaturated/α-hetero) is 1. The van der Waals surface area contributed by atoms with Crippen LogP contribution in [0.1, 0.15) is 27.9 Å². The van der Waals surface area contributed by atoms with E-state index in [1.807, 2.05) is 20.2 Å². The molecule has 0 bridgehead atoms. The number of anilines is 2. The molecule has 2 heterocycles. The summed E-state index contributed by atoms with van der Waals surface area (Å²) in [6.45, 7) is 4.18. The number of rotatable bonds is 4. The summed E-state index contributed by atoms with van der Waals surface area (Å²) in [4.78, 5) is 11.9. The molecule has 6 heteroatoms. The molecule has 2 aromatic rings. The molecular formula is C12H16N4OS. The van der Waals surface area contributed by atoms with Crippen LogP contribution in [0.2, 0.25) is 0 Å². The maximum atomic E-state index is 11.3. The lowest BCUT2D eigenvalue weighted by molar-refractivity contribution is 0.102. The smallest absolute Gasteiger partial charge is 0.171 e. The molecule has 0 aliphatic carbocycles. The summed E-state index contributed by atoms with van der Waals surface area (Å²) in [6, 6.07) is 1.80. The second kappa shape index (κ2) is 4.81. The first kappa shape index (κ1) is 12.6. The Balaban J connectivity index is 2.09. The summed E-state index contributed by atoms with van der Waals surface area (Å²) >= 11 is 1.39. The molecule has 2 aromatic heterocycles. The van der Waals surface area contributed by atoms with Gasteiger partial charge in [0, 0.05) is 32.3 Å². The minimum absolute atomic E-state index is 0.00288. The third-order valence-electron chi connectivity index (χ3n) is 2.65. The fourth-order valence-corrected chi connectivity index (χ4v) is 2.64. The monoisotopic (exact) mass is 264 g/mol. The van der Waals surface area contributed by atoms with Crippen molar-refractivity contribution in [1.82, 2.24) is 9.78 Å². The fraction of sp³-hybridized carbons (Fsp3) is 0.333. The van der Waals surface area contributed by atoms with Gasteiger partial charge in [-0.05, 0) is 13.0 Å². The van der Waals surface area contributed by atoms with Gasteiger partial charge in [0.05, 0.1) is 21.3 Å². The molecule has 5 nitrogen and oxygen atoms in total. The molecule has 0 unspecified atom stereocenters. The highest BCUT2D eigenvalue weighted by molar-refractivity contribution is 7.18. The Bertz CT molecular complexity index is 585. The van der Waals surface area contributed by atoms with E-state index in [0.29, 0.717) is 17.1 Å². The van der Waals surface area contributed by atoms with Gasteiger partial charge in [-0.3, -0.25) is 9.48 Å². The van der Waals surface area contributed by atoms with E-state index in [4.69, 9.17) is 5.73 Å². The molecule has 18 heavy (non-hydrogen) atoms. The summed E-state index contributed by atoms with van der Waals surface area (Å²) in [5.74, 6) is 0.00288. The molecule has 3 N–H and O–H groups in total. The van der Waals surface area contributed by atoms with Gasteiger partial charge in [0.1, 0.15) is 0 Å². The largest absolute Gasteiger partial charge is 0.397 e. The predicted molar refractivity (Wildman–Crippen MR) is 74.0 cm³/mol. The van der Waals surface area contributed by atoms with Gasteiger partial charge in [0.25, 0.3) is 0 Å². The zero-order valence-corrected chi connectivity index (χ0v) is 11.5. The van der Waals surface area contributed by atoms with E-state index < -0.39 is 0 Å². The van der Waals surface area contributed by atoms with Crippen molar-refractivity contribution in [2.45, 2.75) is 20.4 Å². The Hall–Kier alpha value is -1.82. The molecule has 0 saturated carbocycles. The van der Waals surface area contributed by atoms with Crippen LogP contribution >= 0.6 is 11.3 Å². The third-order valence-corrected chi connectivity index (χ3v) is 3.86. The average Bonchev–Trinajstić information content (AvgIpc) is 2.79. The normalized spacial score (nSPS) is 10.6. The first-order chi connectivity index (χ1) is 8.47. The SMILES string of the molecule is CC(=O)c1sc(NCc2cn(C)nc2C)cc1N. The van der Waals surface area contributed by atoms with Crippen molar-refractivity contribution in [3.63, 3.8) is 0 Å². The van der Waals surface area contributed by atoms with Gasteiger partial charge in [-0.1, -0.05) is 0 Å². The number of hydrogen-bond donors (Lipinski definition) is 2. The molecule has 0 saturated heterocycles. The first-order valence-electron chi connectivity index (χ1n) is 5.60. The van der Waals surface area contributed by atoms with Crippen LogP contribution in [0, 0.1) is 6.92 Å². The lowest BCUT2D eigenvalue weighted by atomic mass is 10.2. The Morgan fingerprint density at radius 2 is 2.33 bits per heavy atom. The van der Waals surface area contributed by atoms with Crippen LogP contribution in [0.4, 0.5) is 10.7 Å². The quantitative estimate of drug-likeness (QED) is 0.830. The van der Waals surface area contributed by atoms with Crippen LogP contribution in [0.15, 0.2) is 12.3 Å². The van der Waals surface area contributed by atoms with Gasteiger partial charge in [-0.2, -0.15) is 5.10 Å². The Labute approximate surface area is 110 Å². The Morgan fingerprint density at radius 1 is 1.61 bits per heavy atom. The van der Waals surface area contributed by atoms with Crippen LogP contribution in [0.3, 0.4) is 0 Å². The van der Waals surface area contributed by atoms with E-state index in [-0.39, 0.29) is 5.78 Å². The van der Waals surface area contributed by atoms with E-state index >= 15 is 0 Å². The van der Waals surface area contributed by atoms with Crippen LogP contribution < -0.4 is 11.1 Å². The molecule has 0 fully saturated rings. The number of ketones is 1. The van der Waals surface area contributed by atoms with Crippen molar-refractivity contribution < 1.29 is 4.79 Å². The van der Waals surface area contributed by atoms with Gasteiger partial charge in [0.15, 0.2) is 5.78 Å². The first-order valence-corrected chi connectivity index (χ1v) is 6.42. The molecule has 2 rings (SSSR count). The molecule has 0 atom stereocenters. The van der Waals surface area contributed by atoms with E-state index in [1.54, 1.807) is 10.7 Å². The van der Waals surface area contributed by atoms with Gasteiger partial charge < -0.3 is 11.1 Å². The van der Waals surface area contributed by atoms with Gasteiger partial charge in [0.2, 0.25) is 0 Å². The zero-order valence-electron chi connectivity index (χ0n) is 10.7. The molecule has 0 aromatic carbocycles. The second-order valence-corrected chi connectivity index (χ2v) is 5.27. The van der Waals surface area contributed by atoms with Crippen LogP contribution in [0.5, 0.6) is 0 Å². The molecule has 0 spiro atoms. The van der Waals surface area contributed by atoms with E-state index in [1.165, 1.54) is 18.3 Å². The van der Waals surface area contributed by atoms with Crippen molar-refractivity contribution >= 4 is 27.8 Å². The molecule has 0 amide bonds. The van der Waals surface area contributed by atoms with Crippen molar-refractivity contribution in [1.29, 1.82) is 0 Å². The standard InChI is InChI=1S/C12H16N4OS/c1-7-9(6-16(3)15-7)5-14-11-4-10(13)12(18-11)8(2)17/h4,6,14H,5,13H2,1-3H3. The van der Waals surface area contributed by atoms with E-state index in [2.05, 4.69) is 10.4 Å².